The maximum atomic E-state index is 13.5. The Morgan fingerprint density at radius 3 is 2.38 bits per heavy atom. The summed E-state index contributed by atoms with van der Waals surface area (Å²) in [6.07, 6.45) is 3.23. The van der Waals surface area contributed by atoms with E-state index >= 15 is 0 Å². The minimum atomic E-state index is -3.47. The number of nitrogens with zero attached hydrogens (tertiary/aromatic N) is 4. The van der Waals surface area contributed by atoms with E-state index in [1.54, 1.807) is 44.4 Å². The molecule has 0 aliphatic heterocycles. The molecule has 0 fully saturated rings. The van der Waals surface area contributed by atoms with E-state index in [0.29, 0.717) is 20.9 Å². The summed E-state index contributed by atoms with van der Waals surface area (Å²) in [5.74, 6) is -0.376. The summed E-state index contributed by atoms with van der Waals surface area (Å²) < 4.78 is 25.4. The molecular formula is C23H20N4O5S2. The Kier molecular flexibility index (Phi) is 6.40. The molecule has 4 rings (SSSR count). The van der Waals surface area contributed by atoms with Crippen molar-refractivity contribution in [3.8, 4) is 0 Å². The number of rotatable bonds is 7. The van der Waals surface area contributed by atoms with Crippen LogP contribution in [0.3, 0.4) is 0 Å². The van der Waals surface area contributed by atoms with Gasteiger partial charge in [-0.3, -0.25) is 24.8 Å². The molecule has 2 heterocycles. The summed E-state index contributed by atoms with van der Waals surface area (Å²) in [6.45, 7) is 3.39. The maximum Gasteiger partial charge on any atom is 0.270 e. The molecule has 0 atom stereocenters. The molecule has 2 aromatic carbocycles. The number of aromatic nitrogens is 2. The second kappa shape index (κ2) is 9.27. The van der Waals surface area contributed by atoms with E-state index < -0.39 is 20.0 Å². The second-order valence-electron chi connectivity index (χ2n) is 7.77. The predicted octanol–water partition coefficient (Wildman–Crippen LogP) is 4.63. The molecule has 0 radical (unpaired) electrons. The summed E-state index contributed by atoms with van der Waals surface area (Å²) in [5.41, 5.74) is 1.59. The number of non-ortho nitro benzene ring substituents is 1. The van der Waals surface area contributed by atoms with Gasteiger partial charge in [0.25, 0.3) is 11.6 Å². The molecule has 9 nitrogen and oxygen atoms in total. The van der Waals surface area contributed by atoms with Crippen LogP contribution in [0.2, 0.25) is 0 Å². The Balaban J connectivity index is 1.74. The van der Waals surface area contributed by atoms with Gasteiger partial charge in [-0.25, -0.2) is 13.4 Å². The number of carbonyl (C=O) groups is 1. The van der Waals surface area contributed by atoms with E-state index in [2.05, 4.69) is 9.97 Å². The quantitative estimate of drug-likeness (QED) is 0.270. The van der Waals surface area contributed by atoms with Gasteiger partial charge in [0.15, 0.2) is 15.0 Å². The lowest BCUT2D eigenvalue weighted by Gasteiger charge is -2.20. The van der Waals surface area contributed by atoms with E-state index in [4.69, 9.17) is 0 Å². The van der Waals surface area contributed by atoms with Crippen molar-refractivity contribution in [2.24, 2.45) is 0 Å². The fourth-order valence-electron chi connectivity index (χ4n) is 3.24. The van der Waals surface area contributed by atoms with Crippen molar-refractivity contribution < 1.29 is 18.1 Å². The van der Waals surface area contributed by atoms with E-state index in [1.165, 1.54) is 52.6 Å². The number of pyridine rings is 1. The lowest BCUT2D eigenvalue weighted by atomic mass is 10.2. The minimum Gasteiger partial charge on any atom is -0.279 e. The molecular weight excluding hydrogens is 476 g/mol. The fourth-order valence-corrected chi connectivity index (χ4v) is 5.30. The number of fused-ring (bicyclic) bond motifs is 1. The van der Waals surface area contributed by atoms with Crippen molar-refractivity contribution in [1.82, 2.24) is 9.97 Å². The Labute approximate surface area is 199 Å². The number of carbonyl (C=O) groups excluding carboxylic acids is 1. The first-order chi connectivity index (χ1) is 16.2. The van der Waals surface area contributed by atoms with Crippen LogP contribution >= 0.6 is 11.3 Å². The first-order valence-corrected chi connectivity index (χ1v) is 12.6. The molecule has 0 bridgehead atoms. The summed E-state index contributed by atoms with van der Waals surface area (Å²) in [5, 5.41) is 10.9. The van der Waals surface area contributed by atoms with Gasteiger partial charge < -0.3 is 0 Å². The third kappa shape index (κ3) is 4.66. The first-order valence-electron chi connectivity index (χ1n) is 10.3. The molecule has 11 heteroatoms. The molecule has 0 saturated heterocycles. The van der Waals surface area contributed by atoms with Crippen LogP contribution in [0.4, 0.5) is 10.8 Å². The topological polar surface area (TPSA) is 123 Å². The predicted molar refractivity (Wildman–Crippen MR) is 130 cm³/mol. The molecule has 1 amide bonds. The normalized spacial score (nSPS) is 11.6. The third-order valence-corrected chi connectivity index (χ3v) is 8.40. The zero-order chi connectivity index (χ0) is 24.5. The highest BCUT2D eigenvalue weighted by atomic mass is 32.2. The highest BCUT2D eigenvalue weighted by Gasteiger charge is 2.24. The summed E-state index contributed by atoms with van der Waals surface area (Å²) in [6, 6.07) is 13.7. The van der Waals surface area contributed by atoms with Crippen molar-refractivity contribution >= 4 is 48.1 Å². The monoisotopic (exact) mass is 496 g/mol. The molecule has 34 heavy (non-hydrogen) atoms. The van der Waals surface area contributed by atoms with E-state index in [1.807, 2.05) is 0 Å². The zero-order valence-corrected chi connectivity index (χ0v) is 19.9. The number of benzene rings is 2. The Bertz CT molecular complexity index is 1470. The van der Waals surface area contributed by atoms with Crippen LogP contribution in [-0.4, -0.2) is 34.5 Å². The van der Waals surface area contributed by atoms with Gasteiger partial charge in [-0.05, 0) is 61.9 Å². The Morgan fingerprint density at radius 1 is 1.09 bits per heavy atom. The number of nitro groups is 1. The number of sulfone groups is 1. The maximum absolute atomic E-state index is 13.5. The minimum absolute atomic E-state index is 0.0586. The van der Waals surface area contributed by atoms with Gasteiger partial charge >= 0.3 is 0 Å². The van der Waals surface area contributed by atoms with Crippen molar-refractivity contribution in [1.29, 1.82) is 0 Å². The van der Waals surface area contributed by atoms with Gasteiger partial charge in [0, 0.05) is 30.1 Å². The number of nitro benzene ring substituents is 1. The number of hydrogen-bond acceptors (Lipinski definition) is 8. The summed E-state index contributed by atoms with van der Waals surface area (Å²) in [7, 11) is -3.47. The van der Waals surface area contributed by atoms with Crippen LogP contribution in [0.15, 0.2) is 71.9 Å². The molecule has 2 aromatic heterocycles. The molecule has 174 valence electrons. The molecule has 0 unspecified atom stereocenters. The average Bonchev–Trinajstić information content (AvgIpc) is 3.26. The van der Waals surface area contributed by atoms with E-state index in [0.717, 1.165) is 5.56 Å². The molecule has 0 aliphatic carbocycles. The van der Waals surface area contributed by atoms with E-state index in [9.17, 15) is 23.3 Å². The Hall–Kier alpha value is -3.70. The highest BCUT2D eigenvalue weighted by Crippen LogP contribution is 2.33. The largest absolute Gasteiger partial charge is 0.279 e. The van der Waals surface area contributed by atoms with Gasteiger partial charge in [0.05, 0.1) is 31.8 Å². The van der Waals surface area contributed by atoms with Crippen LogP contribution < -0.4 is 4.90 Å². The number of hydrogen-bond donors (Lipinski definition) is 0. The number of thiazole rings is 1. The van der Waals surface area contributed by atoms with Gasteiger partial charge in [0.2, 0.25) is 0 Å². The SMILES string of the molecule is CC(C)S(=O)(=O)c1ccc(C(=O)N(Cc2ccncc2)c2nc3ccc([N+](=O)[O-])cc3s2)cc1. The van der Waals surface area contributed by atoms with Crippen LogP contribution in [0, 0.1) is 10.1 Å². The highest BCUT2D eigenvalue weighted by molar-refractivity contribution is 7.92. The standard InChI is InChI=1S/C23H20N4O5S2/c1-15(2)34(31,32)19-6-3-17(4-7-19)22(28)26(14-16-9-11-24-12-10-16)23-25-20-8-5-18(27(29)30)13-21(20)33-23/h3-13,15H,14H2,1-2H3. The van der Waals surface area contributed by atoms with Gasteiger partial charge in [-0.1, -0.05) is 11.3 Å². The van der Waals surface area contributed by atoms with E-state index in [-0.39, 0.29) is 23.0 Å². The molecule has 0 saturated carbocycles. The summed E-state index contributed by atoms with van der Waals surface area (Å²) >= 11 is 1.17. The van der Waals surface area contributed by atoms with Crippen LogP contribution in [-0.2, 0) is 16.4 Å². The molecule has 0 N–H and O–H groups in total. The van der Waals surface area contributed by atoms with Crippen molar-refractivity contribution in [2.45, 2.75) is 30.5 Å². The van der Waals surface area contributed by atoms with Crippen molar-refractivity contribution in [3.05, 3.63) is 88.2 Å². The van der Waals surface area contributed by atoms with Gasteiger partial charge in [-0.15, -0.1) is 0 Å². The molecule has 0 spiro atoms. The average molecular weight is 497 g/mol. The zero-order valence-electron chi connectivity index (χ0n) is 18.3. The van der Waals surface area contributed by atoms with Crippen molar-refractivity contribution in [2.75, 3.05) is 4.90 Å². The second-order valence-corrected chi connectivity index (χ2v) is 11.3. The molecule has 4 aromatic rings. The number of amides is 1. The van der Waals surface area contributed by atoms with Crippen LogP contribution in [0.1, 0.15) is 29.8 Å². The lowest BCUT2D eigenvalue weighted by Crippen LogP contribution is -2.30. The lowest BCUT2D eigenvalue weighted by molar-refractivity contribution is -0.384. The van der Waals surface area contributed by atoms with Gasteiger partial charge in [-0.2, -0.15) is 0 Å². The van der Waals surface area contributed by atoms with Crippen molar-refractivity contribution in [3.63, 3.8) is 0 Å². The third-order valence-electron chi connectivity index (χ3n) is 5.19. The van der Waals surface area contributed by atoms with Gasteiger partial charge in [0.1, 0.15) is 0 Å². The number of anilines is 1. The van der Waals surface area contributed by atoms with Crippen LogP contribution in [0.5, 0.6) is 0 Å². The fraction of sp³-hybridized carbons (Fsp3) is 0.174. The van der Waals surface area contributed by atoms with Crippen LogP contribution in [0.25, 0.3) is 10.2 Å². The molecule has 0 aliphatic rings. The summed E-state index contributed by atoms with van der Waals surface area (Å²) in [4.78, 5) is 34.3. The Morgan fingerprint density at radius 2 is 1.76 bits per heavy atom. The first kappa shape index (κ1) is 23.5. The smallest absolute Gasteiger partial charge is 0.270 e.